The van der Waals surface area contributed by atoms with E-state index in [1.165, 1.54) is 16.2 Å². The summed E-state index contributed by atoms with van der Waals surface area (Å²) in [6.45, 7) is 2.60. The predicted molar refractivity (Wildman–Crippen MR) is 93.3 cm³/mol. The smallest absolute Gasteiger partial charge is 0.422 e. The number of nitrogens with two attached hydrogens (primary N) is 1. The Kier molecular flexibility index (Phi) is 6.25. The zero-order valence-corrected chi connectivity index (χ0v) is 15.5. The molecule has 0 saturated carbocycles. The number of carbonyl (C=O) groups is 1. The summed E-state index contributed by atoms with van der Waals surface area (Å²) in [5.41, 5.74) is 7.80. The van der Waals surface area contributed by atoms with E-state index in [0.717, 1.165) is 5.56 Å². The van der Waals surface area contributed by atoms with Crippen molar-refractivity contribution in [2.75, 3.05) is 13.7 Å². The van der Waals surface area contributed by atoms with Crippen LogP contribution in [-0.2, 0) is 13.1 Å². The first kappa shape index (κ1) is 20.2. The van der Waals surface area contributed by atoms with E-state index in [9.17, 15) is 18.0 Å². The van der Waals surface area contributed by atoms with Gasteiger partial charge in [0.1, 0.15) is 16.5 Å². The molecule has 2 N–H and O–H groups in total. The Hall–Kier alpha value is -2.13. The largest absolute Gasteiger partial charge is 0.484 e. The lowest BCUT2D eigenvalue weighted by Gasteiger charge is -2.19. The molecule has 5 nitrogen and oxygen atoms in total. The number of halogens is 3. The minimum Gasteiger partial charge on any atom is -0.484 e. The summed E-state index contributed by atoms with van der Waals surface area (Å²) in [4.78, 5) is 18.1. The number of benzene rings is 1. The molecule has 0 saturated heterocycles. The topological polar surface area (TPSA) is 68.5 Å². The fraction of sp³-hybridized carbons (Fsp3) is 0.412. The number of nitrogens with zero attached hydrogens (tertiary/aromatic N) is 2. The third kappa shape index (κ3) is 5.18. The Balaban J connectivity index is 2.10. The van der Waals surface area contributed by atoms with Gasteiger partial charge in [-0.15, -0.1) is 11.3 Å². The summed E-state index contributed by atoms with van der Waals surface area (Å²) in [5.74, 6) is -0.0270. The maximum absolute atomic E-state index is 12.4. The molecule has 142 valence electrons. The standard InChI is InChI=1S/C17H20F3N3O2S/c1-10-4-12(5-11(2)15(10)25-9-17(18,19)20)7-23(3)16(24)13-8-26-14(6-21)22-13/h4-5,8H,6-7,9,21H2,1-3H3. The van der Waals surface area contributed by atoms with E-state index in [2.05, 4.69) is 4.98 Å². The van der Waals surface area contributed by atoms with Crippen LogP contribution in [0.3, 0.4) is 0 Å². The summed E-state index contributed by atoms with van der Waals surface area (Å²) in [5, 5.41) is 2.34. The molecule has 1 aromatic heterocycles. The average molecular weight is 387 g/mol. The Morgan fingerprint density at radius 2 is 1.92 bits per heavy atom. The van der Waals surface area contributed by atoms with E-state index >= 15 is 0 Å². The highest BCUT2D eigenvalue weighted by molar-refractivity contribution is 7.09. The van der Waals surface area contributed by atoms with E-state index in [0.29, 0.717) is 28.4 Å². The number of thiazole rings is 1. The number of rotatable bonds is 6. The van der Waals surface area contributed by atoms with Crippen LogP contribution >= 0.6 is 11.3 Å². The first-order valence-corrected chi connectivity index (χ1v) is 8.68. The van der Waals surface area contributed by atoms with Crippen molar-refractivity contribution in [2.45, 2.75) is 33.1 Å². The maximum atomic E-state index is 12.4. The zero-order valence-electron chi connectivity index (χ0n) is 14.7. The van der Waals surface area contributed by atoms with Gasteiger partial charge in [0, 0.05) is 25.5 Å². The number of amides is 1. The molecule has 2 rings (SSSR count). The fourth-order valence-corrected chi connectivity index (χ4v) is 3.21. The van der Waals surface area contributed by atoms with Crippen molar-refractivity contribution in [2.24, 2.45) is 5.73 Å². The van der Waals surface area contributed by atoms with Gasteiger partial charge in [0.05, 0.1) is 0 Å². The first-order valence-electron chi connectivity index (χ1n) is 7.80. The molecular formula is C17H20F3N3O2S. The third-order valence-corrected chi connectivity index (χ3v) is 4.48. The monoisotopic (exact) mass is 387 g/mol. The Bertz CT molecular complexity index is 767. The number of hydrogen-bond acceptors (Lipinski definition) is 5. The van der Waals surface area contributed by atoms with Crippen LogP contribution in [0.2, 0.25) is 0 Å². The molecule has 0 bridgehead atoms. The van der Waals surface area contributed by atoms with Gasteiger partial charge in [-0.05, 0) is 30.5 Å². The molecule has 0 radical (unpaired) electrons. The molecule has 0 aliphatic carbocycles. The molecule has 1 aromatic carbocycles. The summed E-state index contributed by atoms with van der Waals surface area (Å²) >= 11 is 1.32. The van der Waals surface area contributed by atoms with Crippen LogP contribution in [0.1, 0.15) is 32.2 Å². The second-order valence-corrected chi connectivity index (χ2v) is 6.90. The second-order valence-electron chi connectivity index (χ2n) is 5.95. The van der Waals surface area contributed by atoms with Crippen LogP contribution in [0.15, 0.2) is 17.5 Å². The third-order valence-electron chi connectivity index (χ3n) is 3.61. The quantitative estimate of drug-likeness (QED) is 0.825. The molecule has 1 amide bonds. The minimum absolute atomic E-state index is 0.215. The van der Waals surface area contributed by atoms with Gasteiger partial charge in [0.25, 0.3) is 5.91 Å². The highest BCUT2D eigenvalue weighted by atomic mass is 32.1. The molecule has 2 aromatic rings. The molecule has 0 aliphatic rings. The molecule has 0 spiro atoms. The van der Waals surface area contributed by atoms with Gasteiger partial charge in [-0.25, -0.2) is 4.98 Å². The number of aromatic nitrogens is 1. The SMILES string of the molecule is Cc1cc(CN(C)C(=O)c2csc(CN)n2)cc(C)c1OCC(F)(F)F. The Labute approximate surface area is 153 Å². The van der Waals surface area contributed by atoms with E-state index in [-0.39, 0.29) is 18.2 Å². The minimum atomic E-state index is -4.39. The van der Waals surface area contributed by atoms with Crippen LogP contribution in [0, 0.1) is 13.8 Å². The predicted octanol–water partition coefficient (Wildman–Crippen LogP) is 3.43. The van der Waals surface area contributed by atoms with Gasteiger partial charge in [-0.1, -0.05) is 12.1 Å². The molecule has 0 fully saturated rings. The summed E-state index contributed by atoms with van der Waals surface area (Å²) in [6, 6.07) is 3.43. The first-order chi connectivity index (χ1) is 12.1. The van der Waals surface area contributed by atoms with Gasteiger partial charge >= 0.3 is 6.18 Å². The zero-order chi connectivity index (χ0) is 19.5. The van der Waals surface area contributed by atoms with Crippen LogP contribution in [0.25, 0.3) is 0 Å². The van der Waals surface area contributed by atoms with Crippen molar-refractivity contribution >= 4 is 17.2 Å². The Morgan fingerprint density at radius 1 is 1.31 bits per heavy atom. The van der Waals surface area contributed by atoms with E-state index in [1.54, 1.807) is 38.4 Å². The summed E-state index contributed by atoms with van der Waals surface area (Å²) in [7, 11) is 1.64. The summed E-state index contributed by atoms with van der Waals surface area (Å²) in [6.07, 6.45) is -4.39. The lowest BCUT2D eigenvalue weighted by molar-refractivity contribution is -0.153. The van der Waals surface area contributed by atoms with Gasteiger partial charge in [0.15, 0.2) is 6.61 Å². The summed E-state index contributed by atoms with van der Waals surface area (Å²) < 4.78 is 42.0. The normalized spacial score (nSPS) is 11.5. The molecule has 0 unspecified atom stereocenters. The highest BCUT2D eigenvalue weighted by Gasteiger charge is 2.29. The van der Waals surface area contributed by atoms with E-state index in [4.69, 9.17) is 10.5 Å². The van der Waals surface area contributed by atoms with Gasteiger partial charge in [-0.3, -0.25) is 4.79 Å². The Morgan fingerprint density at radius 3 is 2.42 bits per heavy atom. The number of alkyl halides is 3. The van der Waals surface area contributed by atoms with Crippen molar-refractivity contribution in [1.82, 2.24) is 9.88 Å². The van der Waals surface area contributed by atoms with Crippen LogP contribution in [-0.4, -0.2) is 35.6 Å². The lowest BCUT2D eigenvalue weighted by atomic mass is 10.1. The van der Waals surface area contributed by atoms with Crippen molar-refractivity contribution in [3.8, 4) is 5.75 Å². The molecule has 1 heterocycles. The molecule has 9 heteroatoms. The average Bonchev–Trinajstić information content (AvgIpc) is 3.01. The van der Waals surface area contributed by atoms with Gasteiger partial charge in [0.2, 0.25) is 0 Å². The van der Waals surface area contributed by atoms with Crippen molar-refractivity contribution < 1.29 is 22.7 Å². The molecule has 0 atom stereocenters. The highest BCUT2D eigenvalue weighted by Crippen LogP contribution is 2.27. The van der Waals surface area contributed by atoms with Crippen molar-refractivity contribution in [3.05, 3.63) is 44.9 Å². The molecular weight excluding hydrogens is 367 g/mol. The second kappa shape index (κ2) is 8.05. The van der Waals surface area contributed by atoms with Gasteiger partial charge in [-0.2, -0.15) is 13.2 Å². The lowest BCUT2D eigenvalue weighted by Crippen LogP contribution is -2.26. The van der Waals surface area contributed by atoms with Crippen molar-refractivity contribution in [1.29, 1.82) is 0 Å². The van der Waals surface area contributed by atoms with Crippen LogP contribution in [0.5, 0.6) is 5.75 Å². The van der Waals surface area contributed by atoms with E-state index < -0.39 is 12.8 Å². The number of aryl methyl sites for hydroxylation is 2. The number of hydrogen-bond donors (Lipinski definition) is 1. The van der Waals surface area contributed by atoms with E-state index in [1.807, 2.05) is 0 Å². The molecule has 26 heavy (non-hydrogen) atoms. The van der Waals surface area contributed by atoms with Crippen LogP contribution < -0.4 is 10.5 Å². The number of carbonyl (C=O) groups excluding carboxylic acids is 1. The van der Waals surface area contributed by atoms with Crippen molar-refractivity contribution in [3.63, 3.8) is 0 Å². The van der Waals surface area contributed by atoms with Crippen LogP contribution in [0.4, 0.5) is 13.2 Å². The number of ether oxygens (including phenoxy) is 1. The molecule has 0 aliphatic heterocycles. The van der Waals surface area contributed by atoms with Gasteiger partial charge < -0.3 is 15.4 Å². The fourth-order valence-electron chi connectivity index (χ4n) is 2.56. The maximum Gasteiger partial charge on any atom is 0.422 e.